The van der Waals surface area contributed by atoms with Crippen LogP contribution in [0.25, 0.3) is 11.4 Å². The van der Waals surface area contributed by atoms with Crippen molar-refractivity contribution in [3.63, 3.8) is 0 Å². The van der Waals surface area contributed by atoms with Crippen molar-refractivity contribution in [1.29, 1.82) is 0 Å². The van der Waals surface area contributed by atoms with Crippen LogP contribution in [0.4, 0.5) is 0 Å². The number of hydrogen-bond acceptors (Lipinski definition) is 4. The third-order valence-corrected chi connectivity index (χ3v) is 5.15. The molecule has 0 unspecified atom stereocenters. The fourth-order valence-electron chi connectivity index (χ4n) is 3.46. The number of hydrogen-bond donors (Lipinski definition) is 1. The first-order valence-electron chi connectivity index (χ1n) is 9.47. The molecule has 1 amide bonds. The molecule has 28 heavy (non-hydrogen) atoms. The molecule has 1 aliphatic rings. The van der Waals surface area contributed by atoms with Crippen molar-refractivity contribution < 1.29 is 4.79 Å². The van der Waals surface area contributed by atoms with Crippen LogP contribution in [0.15, 0.2) is 53.3 Å². The molecule has 1 aliphatic heterocycles. The number of rotatable bonds is 4. The molecule has 0 atom stereocenters. The maximum atomic E-state index is 12.6. The van der Waals surface area contributed by atoms with Crippen molar-refractivity contribution in [2.24, 2.45) is 0 Å². The number of carbonyl (C=O) groups excluding carboxylic acids is 1. The number of benzene rings is 2. The number of nitrogens with one attached hydrogen (secondary N) is 1. The Hall–Kier alpha value is -3.28. The van der Waals surface area contributed by atoms with Gasteiger partial charge in [-0.2, -0.15) is 0 Å². The van der Waals surface area contributed by atoms with Crippen molar-refractivity contribution in [3.8, 4) is 11.4 Å². The largest absolute Gasteiger partial charge is 0.338 e. The summed E-state index contributed by atoms with van der Waals surface area (Å²) in [6.07, 6.45) is 1.41. The van der Waals surface area contributed by atoms with E-state index in [4.69, 9.17) is 0 Å². The number of amides is 1. The van der Waals surface area contributed by atoms with E-state index in [9.17, 15) is 9.59 Å². The Labute approximate surface area is 163 Å². The summed E-state index contributed by atoms with van der Waals surface area (Å²) in [5, 5.41) is 8.19. The number of H-pyrrole nitrogens is 1. The monoisotopic (exact) mass is 374 g/mol. The van der Waals surface area contributed by atoms with E-state index < -0.39 is 0 Å². The highest BCUT2D eigenvalue weighted by Crippen LogP contribution is 2.19. The standard InChI is InChI=1S/C22H22N4O2/c1-15-6-8-17(9-7-15)21-23-22(28)19(24-25-21)10-11-20(27)26-13-12-16-4-2-3-5-18(16)14-26/h2-9H,10-14H2,1H3,(H,23,25,28). The third kappa shape index (κ3) is 3.86. The first-order chi connectivity index (χ1) is 13.6. The molecule has 0 radical (unpaired) electrons. The maximum absolute atomic E-state index is 12.6. The molecule has 0 spiro atoms. The van der Waals surface area contributed by atoms with Gasteiger partial charge in [0.15, 0.2) is 5.82 Å². The second kappa shape index (κ2) is 7.76. The van der Waals surface area contributed by atoms with E-state index in [1.54, 1.807) is 0 Å². The molecule has 3 aromatic rings. The molecule has 0 saturated heterocycles. The molecule has 2 aromatic carbocycles. The van der Waals surface area contributed by atoms with E-state index in [0.29, 0.717) is 24.6 Å². The van der Waals surface area contributed by atoms with Gasteiger partial charge in [-0.25, -0.2) is 0 Å². The Morgan fingerprint density at radius 3 is 2.57 bits per heavy atom. The molecule has 0 aliphatic carbocycles. The number of carbonyl (C=O) groups is 1. The average Bonchev–Trinajstić information content (AvgIpc) is 2.73. The van der Waals surface area contributed by atoms with Gasteiger partial charge in [-0.05, 0) is 24.5 Å². The van der Waals surface area contributed by atoms with Crippen LogP contribution in [-0.4, -0.2) is 32.5 Å². The number of aryl methyl sites for hydroxylation is 2. The minimum Gasteiger partial charge on any atom is -0.338 e. The Kier molecular flexibility index (Phi) is 5.02. The van der Waals surface area contributed by atoms with Crippen molar-refractivity contribution in [3.05, 3.63) is 81.3 Å². The molecule has 0 fully saturated rings. The fourth-order valence-corrected chi connectivity index (χ4v) is 3.46. The number of fused-ring (bicyclic) bond motifs is 1. The second-order valence-corrected chi connectivity index (χ2v) is 7.15. The van der Waals surface area contributed by atoms with Gasteiger partial charge in [-0.3, -0.25) is 9.59 Å². The van der Waals surface area contributed by atoms with Gasteiger partial charge in [-0.1, -0.05) is 54.1 Å². The molecule has 142 valence electrons. The van der Waals surface area contributed by atoms with Gasteiger partial charge in [0.05, 0.1) is 0 Å². The van der Waals surface area contributed by atoms with Crippen LogP contribution in [0.1, 0.15) is 28.8 Å². The molecule has 0 bridgehead atoms. The predicted octanol–water partition coefficient (Wildman–Crippen LogP) is 2.66. The lowest BCUT2D eigenvalue weighted by atomic mass is 9.99. The summed E-state index contributed by atoms with van der Waals surface area (Å²) >= 11 is 0. The lowest BCUT2D eigenvalue weighted by Crippen LogP contribution is -2.36. The Morgan fingerprint density at radius 2 is 1.82 bits per heavy atom. The van der Waals surface area contributed by atoms with Crippen LogP contribution in [0.3, 0.4) is 0 Å². The highest BCUT2D eigenvalue weighted by molar-refractivity contribution is 5.76. The molecular weight excluding hydrogens is 352 g/mol. The van der Waals surface area contributed by atoms with Crippen molar-refractivity contribution in [2.75, 3.05) is 6.54 Å². The van der Waals surface area contributed by atoms with Gasteiger partial charge < -0.3 is 9.88 Å². The van der Waals surface area contributed by atoms with Gasteiger partial charge >= 0.3 is 0 Å². The van der Waals surface area contributed by atoms with Gasteiger partial charge in [0, 0.05) is 31.5 Å². The molecule has 2 heterocycles. The fraction of sp³-hybridized carbons (Fsp3) is 0.273. The zero-order chi connectivity index (χ0) is 19.5. The molecular formula is C22H22N4O2. The van der Waals surface area contributed by atoms with Crippen LogP contribution >= 0.6 is 0 Å². The minimum atomic E-state index is -0.289. The van der Waals surface area contributed by atoms with Crippen LogP contribution in [0.5, 0.6) is 0 Å². The Morgan fingerprint density at radius 1 is 1.07 bits per heavy atom. The summed E-state index contributed by atoms with van der Waals surface area (Å²) in [6.45, 7) is 3.34. The van der Waals surface area contributed by atoms with Crippen molar-refractivity contribution >= 4 is 5.91 Å². The number of aromatic nitrogens is 3. The molecule has 6 nitrogen and oxygen atoms in total. The van der Waals surface area contributed by atoms with Gasteiger partial charge in [0.1, 0.15) is 5.69 Å². The molecule has 0 saturated carbocycles. The Balaban J connectivity index is 1.40. The molecule has 4 rings (SSSR count). The zero-order valence-electron chi connectivity index (χ0n) is 15.8. The van der Waals surface area contributed by atoms with Gasteiger partial charge in [0.25, 0.3) is 5.56 Å². The third-order valence-electron chi connectivity index (χ3n) is 5.15. The van der Waals surface area contributed by atoms with Crippen molar-refractivity contribution in [2.45, 2.75) is 32.7 Å². The predicted molar refractivity (Wildman–Crippen MR) is 107 cm³/mol. The van der Waals surface area contributed by atoms with Crippen LogP contribution in [-0.2, 0) is 24.2 Å². The van der Waals surface area contributed by atoms with Crippen LogP contribution in [0, 0.1) is 6.92 Å². The van der Waals surface area contributed by atoms with E-state index in [1.165, 1.54) is 11.1 Å². The first-order valence-corrected chi connectivity index (χ1v) is 9.47. The van der Waals surface area contributed by atoms with E-state index in [1.807, 2.05) is 48.2 Å². The summed E-state index contributed by atoms with van der Waals surface area (Å²) in [5.74, 6) is 0.478. The van der Waals surface area contributed by atoms with Crippen LogP contribution in [0.2, 0.25) is 0 Å². The SMILES string of the molecule is Cc1ccc(-c2nnc(CCC(=O)N3CCc4ccccc4C3)c(=O)[nH]2)cc1. The maximum Gasteiger partial charge on any atom is 0.273 e. The lowest BCUT2D eigenvalue weighted by Gasteiger charge is -2.28. The topological polar surface area (TPSA) is 79.0 Å². The summed E-state index contributed by atoms with van der Waals surface area (Å²) in [6, 6.07) is 15.9. The normalized spacial score (nSPS) is 13.2. The van der Waals surface area contributed by atoms with Crippen LogP contribution < -0.4 is 5.56 Å². The lowest BCUT2D eigenvalue weighted by molar-refractivity contribution is -0.132. The highest BCUT2D eigenvalue weighted by Gasteiger charge is 2.20. The van der Waals surface area contributed by atoms with Gasteiger partial charge in [0.2, 0.25) is 5.91 Å². The summed E-state index contributed by atoms with van der Waals surface area (Å²) in [7, 11) is 0. The van der Waals surface area contributed by atoms with Gasteiger partial charge in [-0.15, -0.1) is 10.2 Å². The highest BCUT2D eigenvalue weighted by atomic mass is 16.2. The minimum absolute atomic E-state index is 0.0401. The average molecular weight is 374 g/mol. The first kappa shape index (κ1) is 18.1. The molecule has 1 aromatic heterocycles. The summed E-state index contributed by atoms with van der Waals surface area (Å²) < 4.78 is 0. The zero-order valence-corrected chi connectivity index (χ0v) is 15.8. The van der Waals surface area contributed by atoms with E-state index >= 15 is 0 Å². The van der Waals surface area contributed by atoms with E-state index in [-0.39, 0.29) is 24.3 Å². The van der Waals surface area contributed by atoms with E-state index in [0.717, 1.165) is 17.5 Å². The number of nitrogens with zero attached hydrogens (tertiary/aromatic N) is 3. The summed E-state index contributed by atoms with van der Waals surface area (Å²) in [4.78, 5) is 29.6. The Bertz CT molecular complexity index is 1060. The van der Waals surface area contributed by atoms with Crippen molar-refractivity contribution in [1.82, 2.24) is 20.1 Å². The second-order valence-electron chi connectivity index (χ2n) is 7.15. The smallest absolute Gasteiger partial charge is 0.273 e. The summed E-state index contributed by atoms with van der Waals surface area (Å²) in [5.41, 5.74) is 4.45. The number of aromatic amines is 1. The molecule has 1 N–H and O–H groups in total. The molecule has 6 heteroatoms. The quantitative estimate of drug-likeness (QED) is 0.761. The van der Waals surface area contributed by atoms with E-state index in [2.05, 4.69) is 27.3 Å².